The van der Waals surface area contributed by atoms with Gasteiger partial charge >= 0.3 is 0 Å². The smallest absolute Gasteiger partial charge is 0.250 e. The predicted molar refractivity (Wildman–Crippen MR) is 162 cm³/mol. The zero-order valence-electron chi connectivity index (χ0n) is 24.4. The number of carbonyl (C=O) groups excluding carboxylic acids is 3. The molecule has 4 atom stereocenters. The number of pyridine rings is 1. The summed E-state index contributed by atoms with van der Waals surface area (Å²) in [5.41, 5.74) is 3.79. The van der Waals surface area contributed by atoms with Gasteiger partial charge in [-0.15, -0.1) is 0 Å². The van der Waals surface area contributed by atoms with Crippen molar-refractivity contribution in [1.29, 1.82) is 0 Å². The topological polar surface area (TPSA) is 103 Å². The Hall–Kier alpha value is -4.30. The second-order valence-electron chi connectivity index (χ2n) is 12.1. The van der Waals surface area contributed by atoms with Crippen molar-refractivity contribution in [2.75, 3.05) is 11.4 Å². The number of nitrogens with zero attached hydrogens (tertiary/aromatic N) is 3. The average Bonchev–Trinajstić information content (AvgIpc) is 3.60. The van der Waals surface area contributed by atoms with Gasteiger partial charge in [-0.1, -0.05) is 69.8 Å². The second-order valence-corrected chi connectivity index (χ2v) is 12.1. The Morgan fingerprint density at radius 3 is 2.48 bits per heavy atom. The summed E-state index contributed by atoms with van der Waals surface area (Å²) >= 11 is 0. The number of fused-ring (bicyclic) bond motifs is 1. The molecule has 1 aliphatic heterocycles. The van der Waals surface area contributed by atoms with Crippen molar-refractivity contribution >= 4 is 23.4 Å². The Morgan fingerprint density at radius 2 is 1.83 bits per heavy atom. The number of aromatic nitrogens is 1. The van der Waals surface area contributed by atoms with Crippen LogP contribution in [0.2, 0.25) is 0 Å². The minimum absolute atomic E-state index is 0.111. The Morgan fingerprint density at radius 1 is 1.10 bits per heavy atom. The summed E-state index contributed by atoms with van der Waals surface area (Å²) in [5, 5.41) is 14.1. The molecule has 4 unspecified atom stereocenters. The van der Waals surface area contributed by atoms with E-state index in [-0.39, 0.29) is 17.2 Å². The number of hydrogen-bond donors (Lipinski definition) is 2. The zero-order chi connectivity index (χ0) is 30.0. The van der Waals surface area contributed by atoms with Gasteiger partial charge in [-0.2, -0.15) is 0 Å². The van der Waals surface area contributed by atoms with Crippen LogP contribution in [0.3, 0.4) is 0 Å². The lowest BCUT2D eigenvalue weighted by atomic mass is 9.87. The number of likely N-dealkylation sites (tertiary alicyclic amines) is 1. The van der Waals surface area contributed by atoms with Gasteiger partial charge in [-0.25, -0.2) is 0 Å². The van der Waals surface area contributed by atoms with Crippen LogP contribution in [0, 0.1) is 0 Å². The van der Waals surface area contributed by atoms with E-state index in [1.54, 1.807) is 24.5 Å². The second kappa shape index (κ2) is 11.9. The number of anilines is 1. The molecule has 1 aromatic heterocycles. The Labute approximate surface area is 247 Å². The first-order valence-corrected chi connectivity index (χ1v) is 14.4. The molecule has 8 nitrogen and oxygen atoms in total. The van der Waals surface area contributed by atoms with Crippen LogP contribution in [0.25, 0.3) is 0 Å². The number of rotatable bonds is 7. The molecule has 0 bridgehead atoms. The number of aliphatic hydroxyl groups excluding tert-OH is 1. The number of benzene rings is 2. The van der Waals surface area contributed by atoms with Gasteiger partial charge in [0, 0.05) is 30.2 Å². The molecule has 3 aromatic rings. The third-order valence-electron chi connectivity index (χ3n) is 8.27. The molecule has 1 saturated heterocycles. The van der Waals surface area contributed by atoms with E-state index in [2.05, 4.69) is 37.7 Å². The SMILES string of the molecule is C=CC(=O)N1CCCC1C(=O)N(c1ccc(C(C)(C)C)cc1)C(C(=O)NC1Cc2ccccc2C1O)c1cccnc1. The van der Waals surface area contributed by atoms with Gasteiger partial charge in [0.2, 0.25) is 11.8 Å². The molecule has 8 heteroatoms. The maximum atomic E-state index is 14.5. The molecule has 1 fully saturated rings. The summed E-state index contributed by atoms with van der Waals surface area (Å²) in [7, 11) is 0. The molecule has 1 aliphatic carbocycles. The summed E-state index contributed by atoms with van der Waals surface area (Å²) in [6, 6.07) is 16.3. The van der Waals surface area contributed by atoms with Gasteiger partial charge in [0.05, 0.1) is 12.1 Å². The first kappa shape index (κ1) is 29.2. The molecule has 2 N–H and O–H groups in total. The molecule has 0 saturated carbocycles. The largest absolute Gasteiger partial charge is 0.386 e. The lowest BCUT2D eigenvalue weighted by Gasteiger charge is -2.36. The third kappa shape index (κ3) is 5.72. The van der Waals surface area contributed by atoms with E-state index in [9.17, 15) is 19.5 Å². The molecule has 5 rings (SSSR count). The van der Waals surface area contributed by atoms with Crippen molar-refractivity contribution in [3.05, 3.63) is 108 Å². The number of nitrogens with one attached hydrogen (secondary N) is 1. The quantitative estimate of drug-likeness (QED) is 0.413. The van der Waals surface area contributed by atoms with Gasteiger partial charge in [0.25, 0.3) is 5.91 Å². The van der Waals surface area contributed by atoms with Crippen molar-refractivity contribution < 1.29 is 19.5 Å². The fourth-order valence-corrected chi connectivity index (χ4v) is 6.01. The van der Waals surface area contributed by atoms with Crippen molar-refractivity contribution in [3.8, 4) is 0 Å². The van der Waals surface area contributed by atoms with Gasteiger partial charge in [-0.3, -0.25) is 24.3 Å². The minimum atomic E-state index is -1.09. The van der Waals surface area contributed by atoms with Crippen molar-refractivity contribution in [3.63, 3.8) is 0 Å². The highest BCUT2D eigenvalue weighted by molar-refractivity contribution is 6.05. The Bertz CT molecular complexity index is 1460. The van der Waals surface area contributed by atoms with Crippen LogP contribution < -0.4 is 10.2 Å². The van der Waals surface area contributed by atoms with Gasteiger partial charge < -0.3 is 15.3 Å². The van der Waals surface area contributed by atoms with Crippen LogP contribution in [0.4, 0.5) is 5.69 Å². The number of amides is 3. The normalized spacial score (nSPS) is 20.5. The van der Waals surface area contributed by atoms with Crippen LogP contribution >= 0.6 is 0 Å². The van der Waals surface area contributed by atoms with E-state index in [1.165, 1.54) is 15.9 Å². The average molecular weight is 567 g/mol. The summed E-state index contributed by atoms with van der Waals surface area (Å²) in [6.45, 7) is 10.4. The summed E-state index contributed by atoms with van der Waals surface area (Å²) < 4.78 is 0. The van der Waals surface area contributed by atoms with E-state index < -0.39 is 30.1 Å². The fourth-order valence-electron chi connectivity index (χ4n) is 6.01. The summed E-state index contributed by atoms with van der Waals surface area (Å²) in [6.07, 6.45) is 5.16. The number of hydrogen-bond acceptors (Lipinski definition) is 5. The third-order valence-corrected chi connectivity index (χ3v) is 8.27. The lowest BCUT2D eigenvalue weighted by molar-refractivity contribution is -0.135. The van der Waals surface area contributed by atoms with E-state index in [0.717, 1.165) is 16.7 Å². The highest BCUT2D eigenvalue weighted by Crippen LogP contribution is 2.35. The number of aliphatic hydroxyl groups is 1. The number of carbonyl (C=O) groups is 3. The van der Waals surface area contributed by atoms with E-state index in [0.29, 0.717) is 37.1 Å². The van der Waals surface area contributed by atoms with Crippen LogP contribution in [-0.2, 0) is 26.2 Å². The van der Waals surface area contributed by atoms with Crippen LogP contribution in [0.1, 0.15) is 68.0 Å². The highest BCUT2D eigenvalue weighted by Gasteiger charge is 2.42. The predicted octanol–water partition coefficient (Wildman–Crippen LogP) is 4.40. The molecule has 2 heterocycles. The zero-order valence-corrected chi connectivity index (χ0v) is 24.4. The molecule has 2 aliphatic rings. The highest BCUT2D eigenvalue weighted by atomic mass is 16.3. The monoisotopic (exact) mass is 566 g/mol. The standard InChI is InChI=1S/C34H38N4O4/c1-5-29(39)37-19-9-13-28(37)33(42)38(25-16-14-24(15-17-25)34(2,3)4)30(23-11-8-18-35-21-23)32(41)36-27-20-22-10-6-7-12-26(22)31(27)40/h5-8,10-12,14-18,21,27-28,30-31,40H,1,9,13,19-20H2,2-4H3,(H,36,41). The molecule has 2 aromatic carbocycles. The molecular formula is C34H38N4O4. The Kier molecular flexibility index (Phi) is 8.27. The minimum Gasteiger partial charge on any atom is -0.386 e. The summed E-state index contributed by atoms with van der Waals surface area (Å²) in [5.74, 6) is -1.11. The van der Waals surface area contributed by atoms with E-state index in [1.807, 2.05) is 48.5 Å². The van der Waals surface area contributed by atoms with Gasteiger partial charge in [0.15, 0.2) is 0 Å². The molecular weight excluding hydrogens is 528 g/mol. The van der Waals surface area contributed by atoms with Crippen molar-refractivity contribution in [2.45, 2.75) is 69.7 Å². The van der Waals surface area contributed by atoms with Crippen molar-refractivity contribution in [1.82, 2.24) is 15.2 Å². The van der Waals surface area contributed by atoms with Gasteiger partial charge in [-0.05, 0) is 65.6 Å². The maximum absolute atomic E-state index is 14.5. The van der Waals surface area contributed by atoms with Crippen LogP contribution in [-0.4, -0.2) is 51.3 Å². The van der Waals surface area contributed by atoms with E-state index >= 15 is 0 Å². The molecule has 42 heavy (non-hydrogen) atoms. The van der Waals surface area contributed by atoms with Gasteiger partial charge in [0.1, 0.15) is 12.1 Å². The van der Waals surface area contributed by atoms with Crippen LogP contribution in [0.15, 0.2) is 85.7 Å². The molecule has 3 amide bonds. The molecule has 0 spiro atoms. The van der Waals surface area contributed by atoms with Crippen LogP contribution in [0.5, 0.6) is 0 Å². The fraction of sp³-hybridized carbons (Fsp3) is 0.353. The molecule has 0 radical (unpaired) electrons. The first-order valence-electron chi connectivity index (χ1n) is 14.4. The maximum Gasteiger partial charge on any atom is 0.250 e. The molecule has 218 valence electrons. The Balaban J connectivity index is 1.57. The van der Waals surface area contributed by atoms with E-state index in [4.69, 9.17) is 0 Å². The van der Waals surface area contributed by atoms with Crippen molar-refractivity contribution in [2.24, 2.45) is 0 Å². The first-order chi connectivity index (χ1) is 20.1. The summed E-state index contributed by atoms with van der Waals surface area (Å²) in [4.78, 5) is 48.8. The lowest BCUT2D eigenvalue weighted by Crippen LogP contribution is -2.53.